The molecule has 0 N–H and O–H groups in total. The summed E-state index contributed by atoms with van der Waals surface area (Å²) in [5.41, 5.74) is 0.200. The molecule has 0 radical (unpaired) electrons. The maximum Gasteiger partial charge on any atom is 0.242 e. The molecule has 0 aromatic heterocycles. The molecular formula is C14H20ClFN2O2S. The van der Waals surface area contributed by atoms with Gasteiger partial charge in [0.2, 0.25) is 10.0 Å². The van der Waals surface area contributed by atoms with Crippen LogP contribution in [0.3, 0.4) is 0 Å². The third-order valence-electron chi connectivity index (χ3n) is 3.80. The summed E-state index contributed by atoms with van der Waals surface area (Å²) in [7, 11) is -2.05. The largest absolute Gasteiger partial charge is 0.302 e. The second kappa shape index (κ2) is 7.05. The fraction of sp³-hybridized carbons (Fsp3) is 0.571. The highest BCUT2D eigenvalue weighted by atomic mass is 35.5. The molecule has 0 unspecified atom stereocenters. The van der Waals surface area contributed by atoms with Crippen LogP contribution in [0.15, 0.2) is 23.1 Å². The molecule has 1 saturated heterocycles. The van der Waals surface area contributed by atoms with Crippen LogP contribution in [0.5, 0.6) is 0 Å². The Balaban J connectivity index is 2.08. The van der Waals surface area contributed by atoms with Crippen molar-refractivity contribution in [2.24, 2.45) is 0 Å². The van der Waals surface area contributed by atoms with Gasteiger partial charge in [0.05, 0.1) is 10.8 Å². The molecule has 0 bridgehead atoms. The van der Waals surface area contributed by atoms with Crippen LogP contribution in [-0.2, 0) is 15.9 Å². The lowest BCUT2D eigenvalue weighted by atomic mass is 10.2. The molecule has 1 aromatic carbocycles. The molecule has 1 aliphatic heterocycles. The van der Waals surface area contributed by atoms with Crippen LogP contribution in [-0.4, -0.2) is 50.8 Å². The number of rotatable bonds is 6. The van der Waals surface area contributed by atoms with Gasteiger partial charge >= 0.3 is 0 Å². The van der Waals surface area contributed by atoms with E-state index in [1.807, 2.05) is 0 Å². The van der Waals surface area contributed by atoms with Crippen LogP contribution in [0.2, 0.25) is 0 Å². The molecule has 7 heteroatoms. The maximum absolute atomic E-state index is 13.4. The van der Waals surface area contributed by atoms with Crippen LogP contribution >= 0.6 is 11.6 Å². The third kappa shape index (κ3) is 3.94. The van der Waals surface area contributed by atoms with Gasteiger partial charge < -0.3 is 4.90 Å². The van der Waals surface area contributed by atoms with Gasteiger partial charge in [-0.1, -0.05) is 0 Å². The molecule has 1 heterocycles. The Kier molecular flexibility index (Phi) is 5.60. The van der Waals surface area contributed by atoms with Crippen molar-refractivity contribution in [3.8, 4) is 0 Å². The maximum atomic E-state index is 13.4. The number of likely N-dealkylation sites (N-methyl/N-ethyl adjacent to an activating group) is 1. The van der Waals surface area contributed by atoms with E-state index in [-0.39, 0.29) is 16.3 Å². The SMILES string of the molecule is CN(CCN1CCCC1)S(=O)(=O)c1ccc(F)c(CCl)c1. The first-order valence-electron chi connectivity index (χ1n) is 6.98. The predicted molar refractivity (Wildman–Crippen MR) is 81.4 cm³/mol. The molecule has 4 nitrogen and oxygen atoms in total. The zero-order valence-electron chi connectivity index (χ0n) is 12.1. The number of sulfonamides is 1. The van der Waals surface area contributed by atoms with Gasteiger partial charge in [-0.3, -0.25) is 0 Å². The summed E-state index contributed by atoms with van der Waals surface area (Å²) in [4.78, 5) is 2.34. The topological polar surface area (TPSA) is 40.6 Å². The Morgan fingerprint density at radius 2 is 2.00 bits per heavy atom. The smallest absolute Gasteiger partial charge is 0.242 e. The van der Waals surface area contributed by atoms with E-state index >= 15 is 0 Å². The molecule has 118 valence electrons. The Bertz CT molecular complexity index is 589. The van der Waals surface area contributed by atoms with Gasteiger partial charge in [0.1, 0.15) is 5.82 Å². The van der Waals surface area contributed by atoms with E-state index in [1.165, 1.54) is 29.3 Å². The first-order valence-corrected chi connectivity index (χ1v) is 8.95. The van der Waals surface area contributed by atoms with E-state index in [0.29, 0.717) is 6.54 Å². The molecule has 0 spiro atoms. The monoisotopic (exact) mass is 334 g/mol. The standard InChI is InChI=1S/C14H20ClFN2O2S/c1-17(8-9-18-6-2-3-7-18)21(19,20)13-4-5-14(16)12(10-13)11-15/h4-5,10H,2-3,6-9,11H2,1H3. The van der Waals surface area contributed by atoms with Crippen LogP contribution < -0.4 is 0 Å². The minimum Gasteiger partial charge on any atom is -0.302 e. The second-order valence-electron chi connectivity index (χ2n) is 5.26. The highest BCUT2D eigenvalue weighted by Crippen LogP contribution is 2.19. The van der Waals surface area contributed by atoms with Crippen molar-refractivity contribution in [2.75, 3.05) is 33.2 Å². The molecule has 21 heavy (non-hydrogen) atoms. The second-order valence-corrected chi connectivity index (χ2v) is 7.57. The first kappa shape index (κ1) is 16.7. The summed E-state index contributed by atoms with van der Waals surface area (Å²) in [6.45, 7) is 3.21. The number of hydrogen-bond donors (Lipinski definition) is 0. The van der Waals surface area contributed by atoms with Gasteiger partial charge in [0, 0.05) is 25.7 Å². The molecule has 1 aliphatic rings. The zero-order valence-corrected chi connectivity index (χ0v) is 13.6. The average molecular weight is 335 g/mol. The van der Waals surface area contributed by atoms with Gasteiger partial charge in [-0.15, -0.1) is 11.6 Å². The van der Waals surface area contributed by atoms with Crippen LogP contribution in [0.4, 0.5) is 4.39 Å². The summed E-state index contributed by atoms with van der Waals surface area (Å²) in [6.07, 6.45) is 2.35. The summed E-state index contributed by atoms with van der Waals surface area (Å²) >= 11 is 5.63. The van der Waals surface area contributed by atoms with Crippen LogP contribution in [0, 0.1) is 5.82 Å². The summed E-state index contributed by atoms with van der Waals surface area (Å²) in [5, 5.41) is 0. The molecule has 0 amide bonds. The van der Waals surface area contributed by atoms with Crippen molar-refractivity contribution < 1.29 is 12.8 Å². The fourth-order valence-electron chi connectivity index (χ4n) is 2.40. The van der Waals surface area contributed by atoms with E-state index < -0.39 is 15.8 Å². The predicted octanol–water partition coefficient (Wildman–Crippen LogP) is 2.28. The molecule has 1 aromatic rings. The van der Waals surface area contributed by atoms with E-state index in [0.717, 1.165) is 25.7 Å². The quantitative estimate of drug-likeness (QED) is 0.749. The van der Waals surface area contributed by atoms with E-state index in [1.54, 1.807) is 7.05 Å². The highest BCUT2D eigenvalue weighted by molar-refractivity contribution is 7.89. The lowest BCUT2D eigenvalue weighted by Crippen LogP contribution is -2.35. The molecular weight excluding hydrogens is 315 g/mol. The minimum absolute atomic E-state index is 0.0489. The Morgan fingerprint density at radius 1 is 1.33 bits per heavy atom. The van der Waals surface area contributed by atoms with Gasteiger partial charge in [-0.2, -0.15) is 4.31 Å². The molecule has 0 atom stereocenters. The summed E-state index contributed by atoms with van der Waals surface area (Å²) in [5.74, 6) is -0.532. The zero-order chi connectivity index (χ0) is 15.5. The van der Waals surface area contributed by atoms with Crippen molar-refractivity contribution in [1.82, 2.24) is 9.21 Å². The van der Waals surface area contributed by atoms with E-state index in [4.69, 9.17) is 11.6 Å². The molecule has 0 aliphatic carbocycles. The van der Waals surface area contributed by atoms with Crippen molar-refractivity contribution in [2.45, 2.75) is 23.6 Å². The van der Waals surface area contributed by atoms with Gasteiger partial charge in [-0.25, -0.2) is 12.8 Å². The molecule has 0 saturated carbocycles. The Hall–Kier alpha value is -0.690. The number of likely N-dealkylation sites (tertiary alicyclic amines) is 1. The third-order valence-corrected chi connectivity index (χ3v) is 5.94. The molecule has 2 rings (SSSR count). The van der Waals surface area contributed by atoms with Gasteiger partial charge in [-0.05, 0) is 44.1 Å². The number of hydrogen-bond acceptors (Lipinski definition) is 3. The lowest BCUT2D eigenvalue weighted by molar-refractivity contribution is 0.310. The average Bonchev–Trinajstić information content (AvgIpc) is 2.98. The van der Waals surface area contributed by atoms with Crippen molar-refractivity contribution in [3.05, 3.63) is 29.6 Å². The van der Waals surface area contributed by atoms with Crippen molar-refractivity contribution >= 4 is 21.6 Å². The highest BCUT2D eigenvalue weighted by Gasteiger charge is 2.23. The van der Waals surface area contributed by atoms with E-state index in [2.05, 4.69) is 4.90 Å². The first-order chi connectivity index (χ1) is 9.95. The number of alkyl halides is 1. The van der Waals surface area contributed by atoms with Gasteiger partial charge in [0.15, 0.2) is 0 Å². The Morgan fingerprint density at radius 3 is 2.62 bits per heavy atom. The lowest BCUT2D eigenvalue weighted by Gasteiger charge is -2.21. The fourth-order valence-corrected chi connectivity index (χ4v) is 3.82. The summed E-state index contributed by atoms with van der Waals surface area (Å²) in [6, 6.07) is 3.75. The number of halogens is 2. The number of benzene rings is 1. The summed E-state index contributed by atoms with van der Waals surface area (Å²) < 4.78 is 39.6. The molecule has 1 fully saturated rings. The normalized spacial score (nSPS) is 16.8. The Labute approximate surface area is 130 Å². The van der Waals surface area contributed by atoms with Crippen LogP contribution in [0.25, 0.3) is 0 Å². The van der Waals surface area contributed by atoms with Crippen molar-refractivity contribution in [3.63, 3.8) is 0 Å². The number of nitrogens with zero attached hydrogens (tertiary/aromatic N) is 2. The minimum atomic E-state index is -3.60. The van der Waals surface area contributed by atoms with Crippen molar-refractivity contribution in [1.29, 1.82) is 0 Å². The van der Waals surface area contributed by atoms with E-state index in [9.17, 15) is 12.8 Å². The van der Waals surface area contributed by atoms with Crippen LogP contribution in [0.1, 0.15) is 18.4 Å². The van der Waals surface area contributed by atoms with Gasteiger partial charge in [0.25, 0.3) is 0 Å².